The Balaban J connectivity index is 2.17. The average molecular weight is 259 g/mol. The maximum atomic E-state index is 11.8. The average Bonchev–Trinajstić information content (AvgIpc) is 2.37. The van der Waals surface area contributed by atoms with E-state index in [1.165, 1.54) is 12.3 Å². The van der Waals surface area contributed by atoms with E-state index in [9.17, 15) is 14.4 Å². The lowest BCUT2D eigenvalue weighted by Gasteiger charge is -2.08. The van der Waals surface area contributed by atoms with Crippen molar-refractivity contribution < 1.29 is 4.79 Å². The van der Waals surface area contributed by atoms with Crippen molar-refractivity contribution in [2.75, 3.05) is 5.32 Å². The summed E-state index contributed by atoms with van der Waals surface area (Å²) in [4.78, 5) is 37.0. The predicted molar refractivity (Wildman–Crippen MR) is 71.1 cm³/mol. The molecule has 6 nitrogen and oxygen atoms in total. The Bertz CT molecular complexity index is 687. The highest BCUT2D eigenvalue weighted by Crippen LogP contribution is 2.12. The lowest BCUT2D eigenvalue weighted by atomic mass is 10.2. The van der Waals surface area contributed by atoms with Crippen molar-refractivity contribution >= 4 is 11.6 Å². The van der Waals surface area contributed by atoms with Gasteiger partial charge in [-0.2, -0.15) is 0 Å². The van der Waals surface area contributed by atoms with Crippen molar-refractivity contribution in [1.82, 2.24) is 9.55 Å². The van der Waals surface area contributed by atoms with Crippen LogP contribution in [-0.4, -0.2) is 15.5 Å². The molecule has 2 aromatic rings. The number of aromatic amines is 1. The molecule has 2 N–H and O–H groups in total. The summed E-state index contributed by atoms with van der Waals surface area (Å²) in [5.74, 6) is -0.423. The molecule has 0 saturated heterocycles. The maximum Gasteiger partial charge on any atom is 0.328 e. The van der Waals surface area contributed by atoms with E-state index in [2.05, 4.69) is 10.3 Å². The van der Waals surface area contributed by atoms with Crippen LogP contribution >= 0.6 is 0 Å². The molecule has 0 fully saturated rings. The van der Waals surface area contributed by atoms with Gasteiger partial charge < -0.3 is 10.3 Å². The first-order chi connectivity index (χ1) is 9.08. The van der Waals surface area contributed by atoms with E-state index in [1.807, 2.05) is 19.1 Å². The summed E-state index contributed by atoms with van der Waals surface area (Å²) in [6.45, 7) is 1.54. The highest BCUT2D eigenvalue weighted by Gasteiger charge is 2.08. The third-order valence-corrected chi connectivity index (χ3v) is 2.66. The van der Waals surface area contributed by atoms with E-state index in [1.54, 1.807) is 12.1 Å². The summed E-state index contributed by atoms with van der Waals surface area (Å²) in [6.07, 6.45) is 1.25. The standard InChI is InChI=1S/C13H13N3O3/c1-9-4-2-3-5-10(9)15-11(17)8-16-12(18)6-7-14-13(16)19/h2-7H,8H2,1H3,(H,14,19)(H,15,17). The molecule has 0 radical (unpaired) electrons. The van der Waals surface area contributed by atoms with Crippen LogP contribution in [0.5, 0.6) is 0 Å². The molecular weight excluding hydrogens is 246 g/mol. The molecule has 0 spiro atoms. The molecular formula is C13H13N3O3. The molecule has 0 atom stereocenters. The van der Waals surface area contributed by atoms with Crippen LogP contribution < -0.4 is 16.6 Å². The van der Waals surface area contributed by atoms with Gasteiger partial charge in [-0.25, -0.2) is 4.79 Å². The zero-order valence-corrected chi connectivity index (χ0v) is 10.3. The number of rotatable bonds is 3. The Morgan fingerprint density at radius 2 is 2.00 bits per heavy atom. The van der Waals surface area contributed by atoms with Gasteiger partial charge in [0.2, 0.25) is 5.91 Å². The number of aromatic nitrogens is 2. The topological polar surface area (TPSA) is 84.0 Å². The third kappa shape index (κ3) is 2.98. The highest BCUT2D eigenvalue weighted by molar-refractivity contribution is 5.91. The minimum atomic E-state index is -0.604. The molecule has 0 aliphatic carbocycles. The number of nitrogens with zero attached hydrogens (tertiary/aromatic N) is 1. The van der Waals surface area contributed by atoms with E-state index in [4.69, 9.17) is 0 Å². The molecule has 6 heteroatoms. The summed E-state index contributed by atoms with van der Waals surface area (Å²) >= 11 is 0. The highest BCUT2D eigenvalue weighted by atomic mass is 16.2. The van der Waals surface area contributed by atoms with Crippen LogP contribution in [0.1, 0.15) is 5.56 Å². The molecule has 0 aliphatic rings. The fourth-order valence-electron chi connectivity index (χ4n) is 1.65. The van der Waals surface area contributed by atoms with E-state index >= 15 is 0 Å². The van der Waals surface area contributed by atoms with Gasteiger partial charge in [-0.3, -0.25) is 14.2 Å². The normalized spacial score (nSPS) is 10.2. The number of H-pyrrole nitrogens is 1. The number of amides is 1. The number of benzene rings is 1. The number of anilines is 1. The van der Waals surface area contributed by atoms with E-state index in [-0.39, 0.29) is 6.54 Å². The largest absolute Gasteiger partial charge is 0.328 e. The van der Waals surface area contributed by atoms with Crippen LogP contribution in [0.4, 0.5) is 5.69 Å². The lowest BCUT2D eigenvalue weighted by molar-refractivity contribution is -0.116. The van der Waals surface area contributed by atoms with Gasteiger partial charge in [0.15, 0.2) is 0 Å². The summed E-state index contributed by atoms with van der Waals surface area (Å²) in [5, 5.41) is 2.66. The molecule has 2 rings (SSSR count). The number of nitrogens with one attached hydrogen (secondary N) is 2. The van der Waals surface area contributed by atoms with Gasteiger partial charge in [0, 0.05) is 18.0 Å². The van der Waals surface area contributed by atoms with E-state index in [0.29, 0.717) is 5.69 Å². The minimum absolute atomic E-state index is 0.316. The second-order valence-electron chi connectivity index (χ2n) is 4.07. The molecule has 1 amide bonds. The van der Waals surface area contributed by atoms with Gasteiger partial charge in [0.1, 0.15) is 6.54 Å². The van der Waals surface area contributed by atoms with Crippen molar-refractivity contribution in [2.24, 2.45) is 0 Å². The van der Waals surface area contributed by atoms with E-state index < -0.39 is 17.2 Å². The van der Waals surface area contributed by atoms with Crippen LogP contribution in [0.25, 0.3) is 0 Å². The monoisotopic (exact) mass is 259 g/mol. The van der Waals surface area contributed by atoms with Crippen molar-refractivity contribution in [2.45, 2.75) is 13.5 Å². The molecule has 0 aliphatic heterocycles. The van der Waals surface area contributed by atoms with Crippen molar-refractivity contribution in [3.05, 3.63) is 62.9 Å². The molecule has 19 heavy (non-hydrogen) atoms. The number of hydrogen-bond acceptors (Lipinski definition) is 3. The summed E-state index contributed by atoms with van der Waals surface area (Å²) in [5.41, 5.74) is 0.453. The van der Waals surface area contributed by atoms with Crippen LogP contribution in [0.15, 0.2) is 46.1 Å². The Morgan fingerprint density at radius 1 is 1.26 bits per heavy atom. The van der Waals surface area contributed by atoms with Gasteiger partial charge in [-0.15, -0.1) is 0 Å². The van der Waals surface area contributed by atoms with Crippen molar-refractivity contribution in [1.29, 1.82) is 0 Å². The summed E-state index contributed by atoms with van der Waals surface area (Å²) in [6, 6.07) is 8.46. The van der Waals surface area contributed by atoms with Gasteiger partial charge in [-0.1, -0.05) is 18.2 Å². The van der Waals surface area contributed by atoms with Gasteiger partial charge in [-0.05, 0) is 18.6 Å². The smallest absolute Gasteiger partial charge is 0.324 e. The quantitative estimate of drug-likeness (QED) is 0.841. The molecule has 0 saturated carbocycles. The minimum Gasteiger partial charge on any atom is -0.324 e. The van der Waals surface area contributed by atoms with Gasteiger partial charge >= 0.3 is 5.69 Å². The zero-order valence-electron chi connectivity index (χ0n) is 10.3. The maximum absolute atomic E-state index is 11.8. The summed E-state index contributed by atoms with van der Waals surface area (Å²) in [7, 11) is 0. The number of hydrogen-bond donors (Lipinski definition) is 2. The Labute approximate surface area is 108 Å². The van der Waals surface area contributed by atoms with Gasteiger partial charge in [0.05, 0.1) is 0 Å². The first kappa shape index (κ1) is 12.8. The number of carbonyl (C=O) groups is 1. The first-order valence-electron chi connectivity index (χ1n) is 5.72. The van der Waals surface area contributed by atoms with Crippen molar-refractivity contribution in [3.8, 4) is 0 Å². The Hall–Kier alpha value is -2.63. The second kappa shape index (κ2) is 5.34. The molecule has 1 heterocycles. The number of aryl methyl sites for hydroxylation is 1. The van der Waals surface area contributed by atoms with Crippen molar-refractivity contribution in [3.63, 3.8) is 0 Å². The van der Waals surface area contributed by atoms with Crippen LogP contribution in [0, 0.1) is 6.92 Å². The molecule has 0 unspecified atom stereocenters. The SMILES string of the molecule is Cc1ccccc1NC(=O)Cn1c(=O)cc[nH]c1=O. The Kier molecular flexibility index (Phi) is 3.61. The fourth-order valence-corrected chi connectivity index (χ4v) is 1.65. The second-order valence-corrected chi connectivity index (χ2v) is 4.07. The molecule has 1 aromatic heterocycles. The van der Waals surface area contributed by atoms with E-state index in [0.717, 1.165) is 10.1 Å². The molecule has 1 aromatic carbocycles. The third-order valence-electron chi connectivity index (χ3n) is 2.66. The zero-order chi connectivity index (χ0) is 13.8. The fraction of sp³-hybridized carbons (Fsp3) is 0.154. The Morgan fingerprint density at radius 3 is 2.68 bits per heavy atom. The van der Waals surface area contributed by atoms with Crippen LogP contribution in [0.3, 0.4) is 0 Å². The molecule has 98 valence electrons. The lowest BCUT2D eigenvalue weighted by Crippen LogP contribution is -2.37. The number of para-hydroxylation sites is 1. The predicted octanol–water partition coefficient (Wildman–Crippen LogP) is 0.484. The van der Waals surface area contributed by atoms with Crippen LogP contribution in [-0.2, 0) is 11.3 Å². The van der Waals surface area contributed by atoms with Crippen LogP contribution in [0.2, 0.25) is 0 Å². The number of carbonyl (C=O) groups excluding carboxylic acids is 1. The first-order valence-corrected chi connectivity index (χ1v) is 5.72. The molecule has 0 bridgehead atoms. The summed E-state index contributed by atoms with van der Waals surface area (Å²) < 4.78 is 0.841. The van der Waals surface area contributed by atoms with Gasteiger partial charge in [0.25, 0.3) is 5.56 Å².